The topological polar surface area (TPSA) is 21.3 Å². The molecular weight excluding hydrogens is 222 g/mol. The largest absolute Gasteiger partial charge is 0.497 e. The Balaban J connectivity index is 0.000000963. The molecule has 0 spiro atoms. The Bertz CT molecular complexity index is 380. The minimum atomic E-state index is 0. The molecule has 2 bridgehead atoms. The molecule has 2 atom stereocenters. The summed E-state index contributed by atoms with van der Waals surface area (Å²) < 4.78 is 5.30. The summed E-state index contributed by atoms with van der Waals surface area (Å²) in [4.78, 5) is 0. The number of fused-ring (bicyclic) bond motifs is 4. The first-order chi connectivity index (χ1) is 7.36. The first-order valence-electron chi connectivity index (χ1n) is 5.74. The Morgan fingerprint density at radius 3 is 3.00 bits per heavy atom. The highest BCUT2D eigenvalue weighted by Crippen LogP contribution is 2.38. The number of piperidine rings is 1. The van der Waals surface area contributed by atoms with Crippen molar-refractivity contribution in [1.29, 1.82) is 0 Å². The van der Waals surface area contributed by atoms with Crippen LogP contribution >= 0.6 is 12.4 Å². The van der Waals surface area contributed by atoms with Crippen LogP contribution in [0, 0.1) is 5.92 Å². The lowest BCUT2D eigenvalue weighted by atomic mass is 9.74. The number of nitrogens with one attached hydrogen (secondary N) is 1. The van der Waals surface area contributed by atoms with Gasteiger partial charge in [-0.2, -0.15) is 0 Å². The number of ether oxygens (including phenoxy) is 1. The molecule has 88 valence electrons. The van der Waals surface area contributed by atoms with E-state index in [4.69, 9.17) is 4.74 Å². The fourth-order valence-electron chi connectivity index (χ4n) is 3.00. The molecule has 3 rings (SSSR count). The van der Waals surface area contributed by atoms with Crippen molar-refractivity contribution in [3.05, 3.63) is 29.3 Å². The molecule has 2 unspecified atom stereocenters. The molecular formula is C13H18ClNO. The standard InChI is InChI=1S/C13H17NO.ClH/c1-15-12-3-2-10-4-9-5-11(8-14-7-9)13(10)6-12;/h2-3,6,9,11,14H,4-5,7-8H2,1H3;1H. The van der Waals surface area contributed by atoms with Crippen molar-refractivity contribution in [1.82, 2.24) is 5.32 Å². The van der Waals surface area contributed by atoms with Crippen molar-refractivity contribution in [3.63, 3.8) is 0 Å². The van der Waals surface area contributed by atoms with Gasteiger partial charge in [0.2, 0.25) is 0 Å². The Labute approximate surface area is 103 Å². The maximum Gasteiger partial charge on any atom is 0.119 e. The fourth-order valence-corrected chi connectivity index (χ4v) is 3.00. The lowest BCUT2D eigenvalue weighted by molar-refractivity contribution is 0.316. The summed E-state index contributed by atoms with van der Waals surface area (Å²) >= 11 is 0. The Hall–Kier alpha value is -0.730. The van der Waals surface area contributed by atoms with E-state index in [-0.39, 0.29) is 12.4 Å². The van der Waals surface area contributed by atoms with E-state index in [0.717, 1.165) is 18.2 Å². The van der Waals surface area contributed by atoms with Crippen LogP contribution in [-0.4, -0.2) is 20.2 Å². The third-order valence-corrected chi connectivity index (χ3v) is 3.74. The van der Waals surface area contributed by atoms with Gasteiger partial charge in [-0.1, -0.05) is 6.07 Å². The third-order valence-electron chi connectivity index (χ3n) is 3.74. The Morgan fingerprint density at radius 2 is 2.19 bits per heavy atom. The molecule has 3 heteroatoms. The molecule has 1 saturated heterocycles. The monoisotopic (exact) mass is 239 g/mol. The van der Waals surface area contributed by atoms with Crippen LogP contribution in [0.4, 0.5) is 0 Å². The van der Waals surface area contributed by atoms with E-state index < -0.39 is 0 Å². The second-order valence-electron chi connectivity index (χ2n) is 4.73. The summed E-state index contributed by atoms with van der Waals surface area (Å²) in [5, 5.41) is 3.52. The predicted octanol–water partition coefficient (Wildman–Crippen LogP) is 2.37. The van der Waals surface area contributed by atoms with Gasteiger partial charge < -0.3 is 10.1 Å². The number of rotatable bonds is 1. The van der Waals surface area contributed by atoms with Crippen LogP contribution in [0.2, 0.25) is 0 Å². The summed E-state index contributed by atoms with van der Waals surface area (Å²) in [6.45, 7) is 2.33. The van der Waals surface area contributed by atoms with E-state index >= 15 is 0 Å². The molecule has 0 radical (unpaired) electrons. The maximum absolute atomic E-state index is 5.30. The molecule has 0 aromatic heterocycles. The summed E-state index contributed by atoms with van der Waals surface area (Å²) in [5.74, 6) is 2.56. The summed E-state index contributed by atoms with van der Waals surface area (Å²) in [6.07, 6.45) is 2.59. The predicted molar refractivity (Wildman–Crippen MR) is 67.7 cm³/mol. The van der Waals surface area contributed by atoms with E-state index in [0.29, 0.717) is 5.92 Å². The molecule has 1 aliphatic heterocycles. The zero-order valence-electron chi connectivity index (χ0n) is 9.53. The summed E-state index contributed by atoms with van der Waals surface area (Å²) in [5.41, 5.74) is 3.05. The van der Waals surface area contributed by atoms with Gasteiger partial charge in [-0.15, -0.1) is 12.4 Å². The number of benzene rings is 1. The van der Waals surface area contributed by atoms with Gasteiger partial charge in [0.15, 0.2) is 0 Å². The normalized spacial score (nSPS) is 26.6. The second-order valence-corrected chi connectivity index (χ2v) is 4.73. The van der Waals surface area contributed by atoms with Crippen LogP contribution in [0.5, 0.6) is 5.75 Å². The average Bonchev–Trinajstić information content (AvgIpc) is 2.29. The number of hydrogen-bond donors (Lipinski definition) is 1. The molecule has 0 saturated carbocycles. The molecule has 1 aromatic carbocycles. The second kappa shape index (κ2) is 4.64. The van der Waals surface area contributed by atoms with Gasteiger partial charge in [0.1, 0.15) is 5.75 Å². The molecule has 1 heterocycles. The van der Waals surface area contributed by atoms with Crippen molar-refractivity contribution in [2.75, 3.05) is 20.2 Å². The van der Waals surface area contributed by atoms with Crippen LogP contribution in [0.25, 0.3) is 0 Å². The lowest BCUT2D eigenvalue weighted by Gasteiger charge is -2.36. The van der Waals surface area contributed by atoms with Gasteiger partial charge in [0.05, 0.1) is 7.11 Å². The third kappa shape index (κ3) is 1.92. The molecule has 2 aliphatic rings. The van der Waals surface area contributed by atoms with E-state index in [1.54, 1.807) is 12.7 Å². The van der Waals surface area contributed by atoms with Crippen LogP contribution in [-0.2, 0) is 6.42 Å². The van der Waals surface area contributed by atoms with E-state index in [1.807, 2.05) is 0 Å². The smallest absolute Gasteiger partial charge is 0.119 e. The number of hydrogen-bond acceptors (Lipinski definition) is 2. The number of halogens is 1. The summed E-state index contributed by atoms with van der Waals surface area (Å²) in [7, 11) is 1.74. The molecule has 2 nitrogen and oxygen atoms in total. The minimum absolute atomic E-state index is 0. The first-order valence-corrected chi connectivity index (χ1v) is 5.74. The van der Waals surface area contributed by atoms with Crippen LogP contribution in [0.1, 0.15) is 23.5 Å². The molecule has 1 aliphatic carbocycles. The Kier molecular flexibility index (Phi) is 3.41. The molecule has 1 N–H and O–H groups in total. The fraction of sp³-hybridized carbons (Fsp3) is 0.538. The van der Waals surface area contributed by atoms with Gasteiger partial charge >= 0.3 is 0 Å². The number of methoxy groups -OCH3 is 1. The average molecular weight is 240 g/mol. The van der Waals surface area contributed by atoms with Crippen LogP contribution in [0.15, 0.2) is 18.2 Å². The SMILES string of the molecule is COc1ccc2c(c1)C1CNCC(C2)C1.Cl. The first kappa shape index (κ1) is 11.7. The highest BCUT2D eigenvalue weighted by Gasteiger charge is 2.30. The van der Waals surface area contributed by atoms with E-state index in [1.165, 1.54) is 24.9 Å². The van der Waals surface area contributed by atoms with E-state index in [2.05, 4.69) is 23.5 Å². The van der Waals surface area contributed by atoms with Crippen molar-refractivity contribution < 1.29 is 4.74 Å². The van der Waals surface area contributed by atoms with Gasteiger partial charge in [-0.25, -0.2) is 0 Å². The van der Waals surface area contributed by atoms with E-state index in [9.17, 15) is 0 Å². The van der Waals surface area contributed by atoms with Crippen molar-refractivity contribution in [3.8, 4) is 5.75 Å². The highest BCUT2D eigenvalue weighted by atomic mass is 35.5. The zero-order chi connectivity index (χ0) is 10.3. The molecule has 0 amide bonds. The van der Waals surface area contributed by atoms with Gasteiger partial charge in [0.25, 0.3) is 0 Å². The van der Waals surface area contributed by atoms with Crippen molar-refractivity contribution >= 4 is 12.4 Å². The van der Waals surface area contributed by atoms with Gasteiger partial charge in [-0.05, 0) is 54.5 Å². The summed E-state index contributed by atoms with van der Waals surface area (Å²) in [6, 6.07) is 6.56. The minimum Gasteiger partial charge on any atom is -0.497 e. The molecule has 1 fully saturated rings. The van der Waals surface area contributed by atoms with Crippen LogP contribution in [0.3, 0.4) is 0 Å². The van der Waals surface area contributed by atoms with Gasteiger partial charge in [0, 0.05) is 6.54 Å². The van der Waals surface area contributed by atoms with Gasteiger partial charge in [-0.3, -0.25) is 0 Å². The van der Waals surface area contributed by atoms with Crippen molar-refractivity contribution in [2.45, 2.75) is 18.8 Å². The maximum atomic E-state index is 5.30. The zero-order valence-corrected chi connectivity index (χ0v) is 10.3. The highest BCUT2D eigenvalue weighted by molar-refractivity contribution is 5.85. The molecule has 1 aromatic rings. The molecule has 16 heavy (non-hydrogen) atoms. The van der Waals surface area contributed by atoms with Crippen molar-refractivity contribution in [2.24, 2.45) is 5.92 Å². The van der Waals surface area contributed by atoms with Crippen LogP contribution < -0.4 is 10.1 Å². The quantitative estimate of drug-likeness (QED) is 0.813. The lowest BCUT2D eigenvalue weighted by Crippen LogP contribution is -2.39. The Morgan fingerprint density at radius 1 is 1.31 bits per heavy atom.